The number of aromatic nitrogens is 1. The molecule has 8 heteroatoms. The standard InChI is InChI=1S/C13H9Cl2N3O2S/c1-2-18-6-8(3-7(5-16)13(18)20)17-12(19)10-4-9(14)11(15)21-10/h3-4,6H,2H2,1H3,(H,17,19). The molecule has 0 bridgehead atoms. The van der Waals surface area contributed by atoms with E-state index in [-0.39, 0.29) is 11.1 Å². The van der Waals surface area contributed by atoms with Gasteiger partial charge in [-0.2, -0.15) is 5.26 Å². The van der Waals surface area contributed by atoms with Crippen LogP contribution in [0.4, 0.5) is 5.69 Å². The number of amides is 1. The van der Waals surface area contributed by atoms with Crippen molar-refractivity contribution in [3.05, 3.63) is 48.5 Å². The van der Waals surface area contributed by atoms with E-state index in [0.29, 0.717) is 26.5 Å². The average Bonchev–Trinajstić information content (AvgIpc) is 2.80. The van der Waals surface area contributed by atoms with Gasteiger partial charge in [0.2, 0.25) is 0 Å². The lowest BCUT2D eigenvalue weighted by Crippen LogP contribution is -2.23. The highest BCUT2D eigenvalue weighted by Gasteiger charge is 2.14. The van der Waals surface area contributed by atoms with Crippen molar-refractivity contribution in [1.29, 1.82) is 5.26 Å². The fourth-order valence-electron chi connectivity index (χ4n) is 1.67. The number of rotatable bonds is 3. The van der Waals surface area contributed by atoms with Crippen molar-refractivity contribution >= 4 is 46.1 Å². The molecule has 1 N–H and O–H groups in total. The molecule has 0 radical (unpaired) electrons. The first-order chi connectivity index (χ1) is 9.96. The number of carbonyl (C=O) groups is 1. The van der Waals surface area contributed by atoms with Gasteiger partial charge in [0.1, 0.15) is 16.0 Å². The van der Waals surface area contributed by atoms with Crippen LogP contribution in [0.3, 0.4) is 0 Å². The Kier molecular flexibility index (Phi) is 4.68. The number of pyridine rings is 1. The molecule has 108 valence electrons. The highest BCUT2D eigenvalue weighted by Crippen LogP contribution is 2.31. The summed E-state index contributed by atoms with van der Waals surface area (Å²) < 4.78 is 1.68. The SMILES string of the molecule is CCn1cc(NC(=O)c2cc(Cl)c(Cl)s2)cc(C#N)c1=O. The van der Waals surface area contributed by atoms with Crippen LogP contribution in [0.2, 0.25) is 9.36 Å². The van der Waals surface area contributed by atoms with Gasteiger partial charge in [0, 0.05) is 12.7 Å². The molecule has 21 heavy (non-hydrogen) atoms. The number of nitrogens with one attached hydrogen (secondary N) is 1. The lowest BCUT2D eigenvalue weighted by Gasteiger charge is -2.08. The summed E-state index contributed by atoms with van der Waals surface area (Å²) in [6.07, 6.45) is 1.48. The van der Waals surface area contributed by atoms with Crippen LogP contribution in [0.1, 0.15) is 22.2 Å². The Morgan fingerprint density at radius 2 is 2.19 bits per heavy atom. The maximum atomic E-state index is 12.1. The number of halogens is 2. The molecule has 0 unspecified atom stereocenters. The molecule has 0 aliphatic carbocycles. The van der Waals surface area contributed by atoms with Crippen molar-refractivity contribution in [2.75, 3.05) is 5.32 Å². The summed E-state index contributed by atoms with van der Waals surface area (Å²) in [5.74, 6) is -0.404. The quantitative estimate of drug-likeness (QED) is 0.929. The van der Waals surface area contributed by atoms with Crippen LogP contribution in [-0.4, -0.2) is 10.5 Å². The van der Waals surface area contributed by atoms with Crippen molar-refractivity contribution in [2.45, 2.75) is 13.5 Å². The third kappa shape index (κ3) is 3.27. The molecule has 2 aromatic rings. The fourth-order valence-corrected chi connectivity index (χ4v) is 2.93. The molecule has 2 aromatic heterocycles. The lowest BCUT2D eigenvalue weighted by atomic mass is 10.2. The van der Waals surface area contributed by atoms with Gasteiger partial charge in [-0.3, -0.25) is 9.59 Å². The van der Waals surface area contributed by atoms with Gasteiger partial charge in [0.25, 0.3) is 11.5 Å². The molecule has 0 aliphatic rings. The minimum absolute atomic E-state index is 0.0307. The molecule has 0 spiro atoms. The van der Waals surface area contributed by atoms with E-state index in [1.807, 2.05) is 6.07 Å². The summed E-state index contributed by atoms with van der Waals surface area (Å²) >= 11 is 12.7. The van der Waals surface area contributed by atoms with Gasteiger partial charge in [-0.05, 0) is 19.1 Å². The molecule has 5 nitrogen and oxygen atoms in total. The van der Waals surface area contributed by atoms with Gasteiger partial charge in [-0.25, -0.2) is 0 Å². The first-order valence-corrected chi connectivity index (χ1v) is 7.44. The molecule has 2 rings (SSSR count). The Labute approximate surface area is 134 Å². The topological polar surface area (TPSA) is 74.9 Å². The van der Waals surface area contributed by atoms with Gasteiger partial charge in [0.05, 0.1) is 15.6 Å². The first kappa shape index (κ1) is 15.6. The maximum Gasteiger partial charge on any atom is 0.268 e. The summed E-state index contributed by atoms with van der Waals surface area (Å²) in [4.78, 5) is 24.2. The molecule has 0 fully saturated rings. The van der Waals surface area contributed by atoms with Crippen LogP contribution < -0.4 is 10.9 Å². The van der Waals surface area contributed by atoms with Gasteiger partial charge in [0.15, 0.2) is 0 Å². The molecule has 0 aromatic carbocycles. The Bertz CT molecular complexity index is 785. The molecule has 2 heterocycles. The summed E-state index contributed by atoms with van der Waals surface area (Å²) in [6, 6.07) is 4.61. The third-order valence-electron chi connectivity index (χ3n) is 2.67. The fraction of sp³-hybridized carbons (Fsp3) is 0.154. The number of carbonyl (C=O) groups excluding carboxylic acids is 1. The van der Waals surface area contributed by atoms with Crippen molar-refractivity contribution in [3.8, 4) is 6.07 Å². The lowest BCUT2D eigenvalue weighted by molar-refractivity contribution is 0.103. The second-order valence-electron chi connectivity index (χ2n) is 4.03. The monoisotopic (exact) mass is 341 g/mol. The van der Waals surface area contributed by atoms with Crippen LogP contribution in [-0.2, 0) is 6.54 Å². The average molecular weight is 342 g/mol. The van der Waals surface area contributed by atoms with E-state index in [2.05, 4.69) is 5.32 Å². The molecule has 0 saturated carbocycles. The predicted octanol–water partition coefficient (Wildman–Crippen LogP) is 3.36. The summed E-state index contributed by atoms with van der Waals surface area (Å²) in [7, 11) is 0. The van der Waals surface area contributed by atoms with Crippen molar-refractivity contribution in [2.24, 2.45) is 0 Å². The normalized spacial score (nSPS) is 10.2. The van der Waals surface area contributed by atoms with Crippen LogP contribution in [0.25, 0.3) is 0 Å². The Morgan fingerprint density at radius 3 is 2.71 bits per heavy atom. The highest BCUT2D eigenvalue weighted by molar-refractivity contribution is 7.18. The van der Waals surface area contributed by atoms with Crippen LogP contribution in [0, 0.1) is 11.3 Å². The van der Waals surface area contributed by atoms with Crippen molar-refractivity contribution < 1.29 is 4.79 Å². The summed E-state index contributed by atoms with van der Waals surface area (Å²) in [6.45, 7) is 2.17. The first-order valence-electron chi connectivity index (χ1n) is 5.87. The molecular formula is C13H9Cl2N3O2S. The van der Waals surface area contributed by atoms with E-state index in [9.17, 15) is 9.59 Å². The van der Waals surface area contributed by atoms with E-state index in [1.165, 1.54) is 22.9 Å². The number of hydrogen-bond acceptors (Lipinski definition) is 4. The molecule has 0 saturated heterocycles. The maximum absolute atomic E-state index is 12.1. The number of anilines is 1. The number of thiophene rings is 1. The Hall–Kier alpha value is -1.81. The van der Waals surface area contributed by atoms with Gasteiger partial charge >= 0.3 is 0 Å². The van der Waals surface area contributed by atoms with Crippen molar-refractivity contribution in [3.63, 3.8) is 0 Å². The summed E-state index contributed by atoms with van der Waals surface area (Å²) in [5.41, 5.74) is -0.0595. The van der Waals surface area contributed by atoms with Crippen LogP contribution in [0.15, 0.2) is 23.1 Å². The van der Waals surface area contributed by atoms with E-state index in [4.69, 9.17) is 28.5 Å². The minimum Gasteiger partial charge on any atom is -0.320 e. The van der Waals surface area contributed by atoms with Gasteiger partial charge < -0.3 is 9.88 Å². The zero-order valence-corrected chi connectivity index (χ0v) is 13.1. The van der Waals surface area contributed by atoms with Gasteiger partial charge in [-0.1, -0.05) is 23.2 Å². The van der Waals surface area contributed by atoms with E-state index >= 15 is 0 Å². The molecular weight excluding hydrogens is 333 g/mol. The molecule has 1 amide bonds. The van der Waals surface area contributed by atoms with E-state index < -0.39 is 5.91 Å². The van der Waals surface area contributed by atoms with Gasteiger partial charge in [-0.15, -0.1) is 11.3 Å². The summed E-state index contributed by atoms with van der Waals surface area (Å²) in [5, 5.41) is 11.9. The smallest absolute Gasteiger partial charge is 0.268 e. The third-order valence-corrected chi connectivity index (χ3v) is 4.54. The van der Waals surface area contributed by atoms with Crippen molar-refractivity contribution in [1.82, 2.24) is 4.57 Å². The molecule has 0 atom stereocenters. The minimum atomic E-state index is -0.404. The predicted molar refractivity (Wildman–Crippen MR) is 83.4 cm³/mol. The zero-order valence-electron chi connectivity index (χ0n) is 10.8. The largest absolute Gasteiger partial charge is 0.320 e. The number of hydrogen-bond donors (Lipinski definition) is 1. The zero-order chi connectivity index (χ0) is 15.6. The molecule has 0 aliphatic heterocycles. The van der Waals surface area contributed by atoms with Crippen LogP contribution >= 0.6 is 34.5 Å². The number of nitrogens with zero attached hydrogens (tertiary/aromatic N) is 2. The van der Waals surface area contributed by atoms with E-state index in [0.717, 1.165) is 11.3 Å². The Balaban J connectivity index is 2.33. The Morgan fingerprint density at radius 1 is 1.48 bits per heavy atom. The number of aryl methyl sites for hydroxylation is 1. The van der Waals surface area contributed by atoms with Crippen LogP contribution in [0.5, 0.6) is 0 Å². The highest BCUT2D eigenvalue weighted by atomic mass is 35.5. The number of nitriles is 1. The van der Waals surface area contributed by atoms with E-state index in [1.54, 1.807) is 6.92 Å². The second-order valence-corrected chi connectivity index (χ2v) is 6.09. The second kappa shape index (κ2) is 6.31.